The second-order valence-corrected chi connectivity index (χ2v) is 6.33. The Balaban J connectivity index is 2.17. The third-order valence-electron chi connectivity index (χ3n) is 2.75. The number of nitrogens with one attached hydrogen (secondary N) is 1. The minimum absolute atomic E-state index is 0.0777. The number of hydrogen-bond acceptors (Lipinski definition) is 3. The summed E-state index contributed by atoms with van der Waals surface area (Å²) in [7, 11) is -3.82. The van der Waals surface area contributed by atoms with Crippen LogP contribution in [0.4, 0.5) is 5.69 Å². The summed E-state index contributed by atoms with van der Waals surface area (Å²) >= 11 is 6.08. The number of halogens is 1. The number of alkyl halides is 1. The molecule has 0 aliphatic heterocycles. The minimum Gasteiger partial charge on any atom is -0.324 e. The van der Waals surface area contributed by atoms with Gasteiger partial charge in [0.1, 0.15) is 5.38 Å². The molecule has 1 amide bonds. The van der Waals surface area contributed by atoms with E-state index < -0.39 is 21.3 Å². The van der Waals surface area contributed by atoms with Crippen molar-refractivity contribution in [1.29, 1.82) is 0 Å². The van der Waals surface area contributed by atoms with Crippen molar-refractivity contribution in [3.8, 4) is 0 Å². The molecule has 0 aliphatic rings. The normalized spacial score (nSPS) is 12.7. The molecule has 2 rings (SSSR count). The lowest BCUT2D eigenvalue weighted by molar-refractivity contribution is -0.116. The van der Waals surface area contributed by atoms with Gasteiger partial charge in [-0.05, 0) is 23.8 Å². The smallest absolute Gasteiger partial charge is 0.246 e. The van der Waals surface area contributed by atoms with Crippen molar-refractivity contribution >= 4 is 33.2 Å². The van der Waals surface area contributed by atoms with E-state index in [1.54, 1.807) is 30.3 Å². The average Bonchev–Trinajstić information content (AvgIpc) is 2.47. The fraction of sp³-hybridized carbons (Fsp3) is 0.0714. The van der Waals surface area contributed by atoms with E-state index in [1.165, 1.54) is 18.2 Å². The standard InChI is InChI=1S/C14H13ClN2O3S/c15-13(10-5-2-1-3-6-10)14(18)17-11-7-4-8-12(9-11)21(16,19)20/h1-9,13H,(H,17,18)(H2,16,19,20). The van der Waals surface area contributed by atoms with Crippen LogP contribution in [0.5, 0.6) is 0 Å². The molecular formula is C14H13ClN2O3S. The summed E-state index contributed by atoms with van der Waals surface area (Å²) in [5.41, 5.74) is 0.965. The molecule has 0 bridgehead atoms. The monoisotopic (exact) mass is 324 g/mol. The lowest BCUT2D eigenvalue weighted by Crippen LogP contribution is -2.18. The van der Waals surface area contributed by atoms with E-state index in [-0.39, 0.29) is 4.90 Å². The van der Waals surface area contributed by atoms with Gasteiger partial charge in [0.2, 0.25) is 15.9 Å². The van der Waals surface area contributed by atoms with Crippen LogP contribution in [-0.2, 0) is 14.8 Å². The maximum atomic E-state index is 12.1. The van der Waals surface area contributed by atoms with Crippen molar-refractivity contribution < 1.29 is 13.2 Å². The first-order valence-electron chi connectivity index (χ1n) is 6.00. The zero-order valence-corrected chi connectivity index (χ0v) is 12.4. The van der Waals surface area contributed by atoms with Crippen LogP contribution in [0.15, 0.2) is 59.5 Å². The highest BCUT2D eigenvalue weighted by Gasteiger charge is 2.18. The summed E-state index contributed by atoms with van der Waals surface area (Å²) in [6, 6.07) is 14.5. The second-order valence-electron chi connectivity index (χ2n) is 4.34. The summed E-state index contributed by atoms with van der Waals surface area (Å²) in [6.45, 7) is 0. The quantitative estimate of drug-likeness (QED) is 0.845. The third kappa shape index (κ3) is 4.04. The third-order valence-corrected chi connectivity index (χ3v) is 4.11. The van der Waals surface area contributed by atoms with Crippen LogP contribution < -0.4 is 10.5 Å². The largest absolute Gasteiger partial charge is 0.324 e. The molecule has 1 unspecified atom stereocenters. The lowest BCUT2D eigenvalue weighted by atomic mass is 10.1. The maximum absolute atomic E-state index is 12.1. The van der Waals surface area contributed by atoms with E-state index >= 15 is 0 Å². The van der Waals surface area contributed by atoms with E-state index in [1.807, 2.05) is 6.07 Å². The molecule has 0 radical (unpaired) electrons. The molecule has 0 heterocycles. The highest BCUT2D eigenvalue weighted by Crippen LogP contribution is 2.23. The Morgan fingerprint density at radius 1 is 1.10 bits per heavy atom. The first kappa shape index (κ1) is 15.5. The van der Waals surface area contributed by atoms with Crippen LogP contribution in [0.3, 0.4) is 0 Å². The fourth-order valence-electron chi connectivity index (χ4n) is 1.73. The molecule has 0 saturated carbocycles. The molecule has 0 aromatic heterocycles. The van der Waals surface area contributed by atoms with Crippen molar-refractivity contribution in [3.05, 3.63) is 60.2 Å². The summed E-state index contributed by atoms with van der Waals surface area (Å²) in [5.74, 6) is -0.450. The highest BCUT2D eigenvalue weighted by molar-refractivity contribution is 7.89. The number of anilines is 1. The number of carbonyl (C=O) groups excluding carboxylic acids is 1. The fourth-order valence-corrected chi connectivity index (χ4v) is 2.49. The maximum Gasteiger partial charge on any atom is 0.246 e. The van der Waals surface area contributed by atoms with Gasteiger partial charge in [-0.2, -0.15) is 0 Å². The van der Waals surface area contributed by atoms with Crippen molar-refractivity contribution in [1.82, 2.24) is 0 Å². The summed E-state index contributed by atoms with van der Waals surface area (Å²) in [4.78, 5) is 12.0. The molecule has 7 heteroatoms. The van der Waals surface area contributed by atoms with Gasteiger partial charge in [-0.25, -0.2) is 13.6 Å². The van der Waals surface area contributed by atoms with Gasteiger partial charge in [-0.1, -0.05) is 36.4 Å². The average molecular weight is 325 g/mol. The van der Waals surface area contributed by atoms with Gasteiger partial charge in [-0.15, -0.1) is 11.6 Å². The van der Waals surface area contributed by atoms with Crippen LogP contribution in [0, 0.1) is 0 Å². The lowest BCUT2D eigenvalue weighted by Gasteiger charge is -2.11. The molecule has 21 heavy (non-hydrogen) atoms. The molecule has 3 N–H and O–H groups in total. The number of amides is 1. The summed E-state index contributed by atoms with van der Waals surface area (Å²) in [5, 5.41) is 6.73. The predicted molar refractivity (Wildman–Crippen MR) is 81.5 cm³/mol. The Labute approximate surface area is 127 Å². The Hall–Kier alpha value is -1.89. The molecule has 0 aliphatic carbocycles. The van der Waals surface area contributed by atoms with Crippen LogP contribution in [0.25, 0.3) is 0 Å². The van der Waals surface area contributed by atoms with Gasteiger partial charge in [0.05, 0.1) is 4.90 Å². The Kier molecular flexibility index (Phi) is 4.62. The number of hydrogen-bond donors (Lipinski definition) is 2. The van der Waals surface area contributed by atoms with Crippen LogP contribution in [-0.4, -0.2) is 14.3 Å². The Morgan fingerprint density at radius 2 is 1.76 bits per heavy atom. The molecule has 0 spiro atoms. The zero-order chi connectivity index (χ0) is 15.5. The SMILES string of the molecule is NS(=O)(=O)c1cccc(NC(=O)C(Cl)c2ccccc2)c1. The summed E-state index contributed by atoms with van der Waals surface area (Å²) < 4.78 is 22.5. The topological polar surface area (TPSA) is 89.3 Å². The predicted octanol–water partition coefficient (Wildman–Crippen LogP) is 2.25. The van der Waals surface area contributed by atoms with Crippen LogP contribution in [0.1, 0.15) is 10.9 Å². The van der Waals surface area contributed by atoms with E-state index in [0.717, 1.165) is 0 Å². The number of primary sulfonamides is 1. The number of benzene rings is 2. The number of rotatable bonds is 4. The van der Waals surface area contributed by atoms with Crippen molar-refractivity contribution in [2.45, 2.75) is 10.3 Å². The molecule has 110 valence electrons. The van der Waals surface area contributed by atoms with Crippen LogP contribution in [0.2, 0.25) is 0 Å². The first-order chi connectivity index (χ1) is 9.88. The van der Waals surface area contributed by atoms with Gasteiger partial charge in [0, 0.05) is 5.69 Å². The van der Waals surface area contributed by atoms with E-state index in [9.17, 15) is 13.2 Å². The molecule has 2 aromatic carbocycles. The molecule has 0 saturated heterocycles. The molecule has 5 nitrogen and oxygen atoms in total. The number of carbonyl (C=O) groups is 1. The van der Waals surface area contributed by atoms with Crippen molar-refractivity contribution in [2.24, 2.45) is 5.14 Å². The second kappa shape index (κ2) is 6.26. The Bertz CT molecular complexity index is 748. The molecule has 0 fully saturated rings. The zero-order valence-electron chi connectivity index (χ0n) is 10.9. The van der Waals surface area contributed by atoms with Crippen LogP contribution >= 0.6 is 11.6 Å². The van der Waals surface area contributed by atoms with Gasteiger partial charge in [0.25, 0.3) is 0 Å². The van der Waals surface area contributed by atoms with Gasteiger partial charge < -0.3 is 5.32 Å². The Morgan fingerprint density at radius 3 is 2.38 bits per heavy atom. The van der Waals surface area contributed by atoms with Crippen molar-refractivity contribution in [3.63, 3.8) is 0 Å². The number of sulfonamides is 1. The summed E-state index contributed by atoms with van der Waals surface area (Å²) in [6.07, 6.45) is 0. The first-order valence-corrected chi connectivity index (χ1v) is 7.99. The van der Waals surface area contributed by atoms with E-state index in [0.29, 0.717) is 11.3 Å². The van der Waals surface area contributed by atoms with Gasteiger partial charge in [0.15, 0.2) is 0 Å². The van der Waals surface area contributed by atoms with Gasteiger partial charge >= 0.3 is 0 Å². The van der Waals surface area contributed by atoms with Gasteiger partial charge in [-0.3, -0.25) is 4.79 Å². The van der Waals surface area contributed by atoms with Crippen molar-refractivity contribution in [2.75, 3.05) is 5.32 Å². The highest BCUT2D eigenvalue weighted by atomic mass is 35.5. The minimum atomic E-state index is -3.82. The molecular weight excluding hydrogens is 312 g/mol. The molecule has 2 aromatic rings. The number of nitrogens with two attached hydrogens (primary N) is 1. The van der Waals surface area contributed by atoms with E-state index in [2.05, 4.69) is 5.32 Å². The van der Waals surface area contributed by atoms with E-state index in [4.69, 9.17) is 16.7 Å². The molecule has 1 atom stereocenters.